The van der Waals surface area contributed by atoms with Gasteiger partial charge in [-0.25, -0.2) is 9.18 Å². The third-order valence-electron chi connectivity index (χ3n) is 19.0. The second-order valence-corrected chi connectivity index (χ2v) is 28.2. The Bertz CT molecular complexity index is 4490. The number of halogens is 3. The second kappa shape index (κ2) is 32.4. The number of nitrogens with one attached hydrogen (secondary N) is 7. The fraction of sp³-hybridized carbons (Fsp3) is 0.389. The van der Waals surface area contributed by atoms with E-state index in [9.17, 15) is 79.4 Å². The summed E-state index contributed by atoms with van der Waals surface area (Å²) in [5.41, 5.74) is 8.36. The Balaban J connectivity index is 1.14. The molecule has 36 heteroatoms. The van der Waals surface area contributed by atoms with Gasteiger partial charge in [0.15, 0.2) is 29.9 Å². The third kappa shape index (κ3) is 16.9. The first-order valence-corrected chi connectivity index (χ1v) is 34.6. The van der Waals surface area contributed by atoms with Crippen LogP contribution in [0.5, 0.6) is 46.0 Å². The number of ether oxygens (including phenoxy) is 6. The van der Waals surface area contributed by atoms with E-state index in [4.69, 9.17) is 63.1 Å². The van der Waals surface area contributed by atoms with Gasteiger partial charge in [-0.1, -0.05) is 67.4 Å². The molecule has 13 rings (SSSR count). The minimum atomic E-state index is -2.38. The first kappa shape index (κ1) is 79.0. The van der Waals surface area contributed by atoms with Crippen molar-refractivity contribution < 1.29 is 122 Å². The van der Waals surface area contributed by atoms with Gasteiger partial charge < -0.3 is 128 Å². The number of carbonyl (C=O) groups excluding carboxylic acids is 7. The maximum Gasteiger partial charge on any atom is 0.330 e. The number of amides is 7. The number of hydrogen-bond acceptors (Lipinski definition) is 25. The number of phenols is 3. The number of aliphatic hydroxyl groups is 6. The molecule has 0 spiro atoms. The molecule has 7 amide bonds. The Morgan fingerprint density at radius 1 is 0.704 bits per heavy atom. The first-order chi connectivity index (χ1) is 51.1. The van der Waals surface area contributed by atoms with Crippen molar-refractivity contribution in [2.45, 2.75) is 163 Å². The molecule has 6 aromatic carbocycles. The van der Waals surface area contributed by atoms with Crippen LogP contribution in [0.25, 0.3) is 11.1 Å². The van der Waals surface area contributed by atoms with E-state index < -0.39 is 248 Å². The highest BCUT2D eigenvalue weighted by Gasteiger charge is 2.52. The number of aromatic hydroxyl groups is 3. The SMILES string of the molecule is CC(C)C[C@@H](N)C(=O)N[C@H]1C(=O)N[C@@H](CC(N)=O)C(=O)N[C@H]2C(=O)N[C@H]3C(=O)N[C@H](C(=O)N[C@H](C(=O)O)c4cc(O)cc(O)c4-c4cc3ccc4O)[C@H](O)c3ccc(c(Cl)c3)Oc3cc2cc(c3O[C@@H]2O[C@H](CO)[C@@H](O)[C@H](O)[C@H]2O[C@H]2C[C@](C)(NCc3ccc(F)cc3)[C@H](O)[C@H](C)O2)Oc2ccc(cc2Cl)[C@H]1O. The van der Waals surface area contributed by atoms with Crippen LogP contribution < -0.4 is 62.9 Å². The van der Waals surface area contributed by atoms with Crippen LogP contribution in [0.2, 0.25) is 10.0 Å². The number of hydrogen-bond donors (Lipinski definition) is 19. The molecule has 7 heterocycles. The third-order valence-corrected chi connectivity index (χ3v) is 19.6. The standard InChI is InChI=1S/C72H78Cl2FN9O24/c1-27(2)15-40(76)64(95)83-55-57(90)31-8-13-44(38(73)17-31)104-46-19-33-20-47(61(46)108-71-62(60(93)59(92)48(26-85)106-71)107-50-24-72(4,63(94)28(3)103-50)78-25-29-5-10-34(75)11-6-29)105-45-14-9-32(18-39(45)74)58(91)56-69(100)82-54(70(101)102)37-21-35(86)22-43(88)51(37)36-16-30(7-12-42(36)87)52(66(97)84-56)81-67(98)53(33)80-65(96)41(23-49(77)89)79-68(55)99/h5-14,16-22,27-28,40-41,48,50,52-60,62-63,71,78,85-88,90-94H,15,23-26,76H2,1-4H3,(H2,77,89)(H,79,99)(H,80,96)(H,81,98)(H,82,100)(H,83,95)(H,84,97)(H,101,102)/t28-,40+,41-,48+,50-,52+,53+,54-,55+,56-,57+,58+,59+,60-,62+,63+,71-,72-/m0/s1. The van der Waals surface area contributed by atoms with Crippen molar-refractivity contribution in [1.29, 1.82) is 0 Å². The van der Waals surface area contributed by atoms with Gasteiger partial charge in [0, 0.05) is 41.3 Å². The van der Waals surface area contributed by atoms with Gasteiger partial charge in [0.2, 0.25) is 53.4 Å². The number of aliphatic hydroxyl groups excluding tert-OH is 6. The zero-order valence-electron chi connectivity index (χ0n) is 57.7. The molecule has 11 bridgehead atoms. The Hall–Kier alpha value is -10.1. The number of aliphatic carboxylic acids is 1. The Morgan fingerprint density at radius 2 is 1.31 bits per heavy atom. The van der Waals surface area contributed by atoms with Gasteiger partial charge in [0.1, 0.15) is 95.3 Å². The predicted octanol–water partition coefficient (Wildman–Crippen LogP) is 1.82. The molecular formula is C72H78Cl2FN9O24. The number of nitrogens with two attached hydrogens (primary N) is 2. The number of phenolic OH excluding ortho intramolecular Hbond substituents is 3. The molecule has 18 atom stereocenters. The van der Waals surface area contributed by atoms with E-state index in [-0.39, 0.29) is 47.7 Å². The molecule has 0 radical (unpaired) electrons. The smallest absolute Gasteiger partial charge is 0.330 e. The van der Waals surface area contributed by atoms with E-state index in [1.54, 1.807) is 20.8 Å². The van der Waals surface area contributed by atoms with Crippen LogP contribution in [0, 0.1) is 11.7 Å². The average Bonchev–Trinajstić information content (AvgIpc) is 0.768. The minimum absolute atomic E-state index is 0.0647. The lowest BCUT2D eigenvalue weighted by Crippen LogP contribution is -2.65. The minimum Gasteiger partial charge on any atom is -0.508 e. The number of fused-ring (bicyclic) bond motifs is 15. The summed E-state index contributed by atoms with van der Waals surface area (Å²) in [5.74, 6) is -17.0. The van der Waals surface area contributed by atoms with Gasteiger partial charge in [0.05, 0.1) is 41.3 Å². The molecule has 576 valence electrons. The number of rotatable bonds is 15. The fourth-order valence-corrected chi connectivity index (χ4v) is 13.8. The summed E-state index contributed by atoms with van der Waals surface area (Å²) in [5, 5.41) is 132. The molecule has 0 aliphatic carbocycles. The first-order valence-electron chi connectivity index (χ1n) is 33.8. The van der Waals surface area contributed by atoms with Crippen molar-refractivity contribution in [1.82, 2.24) is 37.2 Å². The Labute approximate surface area is 623 Å². The molecule has 7 aliphatic rings. The van der Waals surface area contributed by atoms with E-state index in [1.165, 1.54) is 43.3 Å². The van der Waals surface area contributed by atoms with E-state index in [1.807, 2.05) is 0 Å². The lowest BCUT2D eigenvalue weighted by Gasteiger charge is -2.48. The molecule has 2 saturated heterocycles. The maximum absolute atomic E-state index is 16.1. The van der Waals surface area contributed by atoms with Crippen LogP contribution in [0.15, 0.2) is 103 Å². The second-order valence-electron chi connectivity index (χ2n) is 27.4. The summed E-state index contributed by atoms with van der Waals surface area (Å²) in [6.07, 6.45) is -19.1. The molecule has 0 unspecified atom stereocenters. The van der Waals surface area contributed by atoms with Crippen LogP contribution in [0.1, 0.15) is 111 Å². The van der Waals surface area contributed by atoms with Gasteiger partial charge in [-0.05, 0) is 121 Å². The van der Waals surface area contributed by atoms with Gasteiger partial charge in [-0.15, -0.1) is 0 Å². The Kier molecular flexibility index (Phi) is 23.7. The summed E-state index contributed by atoms with van der Waals surface area (Å²) in [6, 6.07) is 4.22. The molecule has 6 aromatic rings. The summed E-state index contributed by atoms with van der Waals surface area (Å²) in [7, 11) is 0. The average molecular weight is 1540 g/mol. The van der Waals surface area contributed by atoms with Gasteiger partial charge >= 0.3 is 5.97 Å². The van der Waals surface area contributed by atoms with Crippen molar-refractivity contribution in [2.24, 2.45) is 17.4 Å². The molecule has 7 aliphatic heterocycles. The molecular weight excluding hydrogens is 1460 g/mol. The number of benzene rings is 6. The number of primary amides is 1. The normalized spacial score (nSPS) is 28.3. The fourth-order valence-electron chi connectivity index (χ4n) is 13.3. The summed E-state index contributed by atoms with van der Waals surface area (Å²) >= 11 is 14.2. The number of carboxylic acids is 1. The quantitative estimate of drug-likeness (QED) is 0.0697. The van der Waals surface area contributed by atoms with Crippen LogP contribution in [-0.2, 0) is 59.1 Å². The van der Waals surface area contributed by atoms with Crippen molar-refractivity contribution in [3.63, 3.8) is 0 Å². The van der Waals surface area contributed by atoms with Crippen LogP contribution in [0.3, 0.4) is 0 Å². The summed E-state index contributed by atoms with van der Waals surface area (Å²) < 4.78 is 52.9. The van der Waals surface area contributed by atoms with Crippen molar-refractivity contribution >= 4 is 70.5 Å². The van der Waals surface area contributed by atoms with Crippen LogP contribution >= 0.6 is 23.2 Å². The Morgan fingerprint density at radius 3 is 1.93 bits per heavy atom. The van der Waals surface area contributed by atoms with E-state index in [2.05, 4.69) is 37.2 Å². The predicted molar refractivity (Wildman–Crippen MR) is 373 cm³/mol. The highest BCUT2D eigenvalue weighted by Crippen LogP contribution is 2.50. The molecule has 2 fully saturated rings. The van der Waals surface area contributed by atoms with Gasteiger partial charge in [-0.3, -0.25) is 33.6 Å². The molecule has 0 saturated carbocycles. The monoisotopic (exact) mass is 1540 g/mol. The van der Waals surface area contributed by atoms with Crippen LogP contribution in [0.4, 0.5) is 4.39 Å². The maximum atomic E-state index is 16.1. The highest BCUT2D eigenvalue weighted by molar-refractivity contribution is 6.32. The largest absolute Gasteiger partial charge is 0.508 e. The van der Waals surface area contributed by atoms with Crippen LogP contribution in [-0.4, -0.2) is 184 Å². The van der Waals surface area contributed by atoms with E-state index in [0.29, 0.717) is 5.56 Å². The molecule has 33 nitrogen and oxygen atoms in total. The van der Waals surface area contributed by atoms with E-state index >= 15 is 14.4 Å². The van der Waals surface area contributed by atoms with Crippen molar-refractivity contribution in [3.05, 3.63) is 152 Å². The highest BCUT2D eigenvalue weighted by atomic mass is 35.5. The summed E-state index contributed by atoms with van der Waals surface area (Å²) in [4.78, 5) is 117. The molecule has 0 aromatic heterocycles. The topological polar surface area (TPSA) is 530 Å². The molecule has 21 N–H and O–H groups in total. The molecule has 108 heavy (non-hydrogen) atoms. The zero-order valence-corrected chi connectivity index (χ0v) is 59.2. The number of carbonyl (C=O) groups is 8. The van der Waals surface area contributed by atoms with Gasteiger partial charge in [0.25, 0.3) is 0 Å². The lowest BCUT2D eigenvalue weighted by atomic mass is 9.84. The van der Waals surface area contributed by atoms with E-state index in [0.717, 1.165) is 66.7 Å². The lowest BCUT2D eigenvalue weighted by molar-refractivity contribution is -0.334. The van der Waals surface area contributed by atoms with Crippen molar-refractivity contribution in [3.8, 4) is 57.1 Å². The zero-order chi connectivity index (χ0) is 78.2. The van der Waals surface area contributed by atoms with Gasteiger partial charge in [-0.2, -0.15) is 0 Å². The summed E-state index contributed by atoms with van der Waals surface area (Å²) in [6.45, 7) is 5.77. The number of carboxylic acid groups (broad SMARTS) is 1. The van der Waals surface area contributed by atoms with Crippen molar-refractivity contribution in [2.75, 3.05) is 6.61 Å².